The van der Waals surface area contributed by atoms with E-state index in [2.05, 4.69) is 0 Å². The summed E-state index contributed by atoms with van der Waals surface area (Å²) in [6.45, 7) is -1.61. The summed E-state index contributed by atoms with van der Waals surface area (Å²) in [5.41, 5.74) is 0. The van der Waals surface area contributed by atoms with Crippen LogP contribution in [0.1, 0.15) is 0 Å². The highest BCUT2D eigenvalue weighted by molar-refractivity contribution is 4.94. The molecule has 0 amide bonds. The molecule has 10 N–H and O–H groups in total. The lowest BCUT2D eigenvalue weighted by atomic mass is 9.97. The van der Waals surface area contributed by atoms with Crippen molar-refractivity contribution < 1.29 is 74.7 Å². The molecule has 188 valence electrons. The molecule has 3 aliphatic rings. The number of rotatable bonds is 6. The van der Waals surface area contributed by atoms with Crippen LogP contribution in [-0.2, 0) is 23.7 Å². The second kappa shape index (κ2) is 10.8. The van der Waals surface area contributed by atoms with Crippen molar-refractivity contribution in [2.75, 3.05) is 19.8 Å². The van der Waals surface area contributed by atoms with E-state index < -0.39 is 99.2 Å². The van der Waals surface area contributed by atoms with Crippen LogP contribution in [0.15, 0.2) is 0 Å². The molecular formula is C17H30O15. The van der Waals surface area contributed by atoms with Gasteiger partial charge < -0.3 is 74.7 Å². The van der Waals surface area contributed by atoms with Gasteiger partial charge in [0.1, 0.15) is 67.1 Å². The normalized spacial score (nSPS) is 52.7. The van der Waals surface area contributed by atoms with Crippen molar-refractivity contribution in [1.82, 2.24) is 0 Å². The highest BCUT2D eigenvalue weighted by Gasteiger charge is 2.50. The summed E-state index contributed by atoms with van der Waals surface area (Å²) in [6.07, 6.45) is -22.5. The minimum atomic E-state index is -1.86. The summed E-state index contributed by atoms with van der Waals surface area (Å²) in [4.78, 5) is 0. The summed E-state index contributed by atoms with van der Waals surface area (Å²) >= 11 is 0. The number of aliphatic hydroxyl groups is 10. The zero-order chi connectivity index (χ0) is 23.7. The summed E-state index contributed by atoms with van der Waals surface area (Å²) in [7, 11) is 0. The lowest BCUT2D eigenvalue weighted by Crippen LogP contribution is -2.64. The van der Waals surface area contributed by atoms with Gasteiger partial charge in [-0.05, 0) is 0 Å². The largest absolute Gasteiger partial charge is 0.394 e. The Morgan fingerprint density at radius 1 is 0.656 bits per heavy atom. The summed E-state index contributed by atoms with van der Waals surface area (Å²) in [6, 6.07) is 0. The molecule has 0 aromatic carbocycles. The first kappa shape index (κ1) is 26.0. The van der Waals surface area contributed by atoms with E-state index >= 15 is 0 Å². The molecule has 32 heavy (non-hydrogen) atoms. The molecule has 0 bridgehead atoms. The van der Waals surface area contributed by atoms with Gasteiger partial charge in [-0.25, -0.2) is 0 Å². The van der Waals surface area contributed by atoms with Gasteiger partial charge in [0.15, 0.2) is 18.9 Å². The van der Waals surface area contributed by atoms with Crippen molar-refractivity contribution in [2.45, 2.75) is 86.0 Å². The van der Waals surface area contributed by atoms with Gasteiger partial charge in [-0.3, -0.25) is 0 Å². The lowest BCUT2D eigenvalue weighted by molar-refractivity contribution is -0.361. The van der Waals surface area contributed by atoms with Crippen molar-refractivity contribution in [1.29, 1.82) is 0 Å². The van der Waals surface area contributed by atoms with Crippen LogP contribution in [-0.4, -0.2) is 157 Å². The van der Waals surface area contributed by atoms with Crippen LogP contribution in [0.5, 0.6) is 0 Å². The van der Waals surface area contributed by atoms with Crippen LogP contribution in [0.25, 0.3) is 0 Å². The van der Waals surface area contributed by atoms with Crippen LogP contribution in [0.3, 0.4) is 0 Å². The predicted octanol–water partition coefficient (Wildman–Crippen LogP) is -6.93. The first-order valence-corrected chi connectivity index (χ1v) is 9.99. The summed E-state index contributed by atoms with van der Waals surface area (Å²) in [5.74, 6) is 0. The molecular weight excluding hydrogens is 444 g/mol. The van der Waals surface area contributed by atoms with Crippen LogP contribution in [0.4, 0.5) is 0 Å². The third-order valence-electron chi connectivity index (χ3n) is 5.68. The molecule has 3 saturated heterocycles. The third-order valence-corrected chi connectivity index (χ3v) is 5.68. The first-order chi connectivity index (χ1) is 15.1. The molecule has 0 radical (unpaired) electrons. The smallest absolute Gasteiger partial charge is 0.187 e. The quantitative estimate of drug-likeness (QED) is 0.172. The average Bonchev–Trinajstić information content (AvgIpc) is 2.77. The van der Waals surface area contributed by atoms with Gasteiger partial charge in [-0.1, -0.05) is 0 Å². The lowest BCUT2D eigenvalue weighted by Gasteiger charge is -2.45. The Morgan fingerprint density at radius 3 is 1.97 bits per heavy atom. The number of hydrogen-bond acceptors (Lipinski definition) is 15. The van der Waals surface area contributed by atoms with Crippen LogP contribution < -0.4 is 0 Å². The van der Waals surface area contributed by atoms with Crippen LogP contribution >= 0.6 is 0 Å². The van der Waals surface area contributed by atoms with E-state index in [4.69, 9.17) is 23.7 Å². The van der Waals surface area contributed by atoms with Crippen molar-refractivity contribution in [3.63, 3.8) is 0 Å². The molecule has 3 rings (SSSR count). The zero-order valence-electron chi connectivity index (χ0n) is 16.7. The van der Waals surface area contributed by atoms with E-state index in [0.717, 1.165) is 0 Å². The highest BCUT2D eigenvalue weighted by atomic mass is 16.7. The van der Waals surface area contributed by atoms with Crippen molar-refractivity contribution >= 4 is 0 Å². The van der Waals surface area contributed by atoms with E-state index in [0.29, 0.717) is 0 Å². The van der Waals surface area contributed by atoms with E-state index in [1.807, 2.05) is 0 Å². The topological polar surface area (TPSA) is 248 Å². The molecule has 0 aliphatic carbocycles. The molecule has 15 heteroatoms. The van der Waals surface area contributed by atoms with Crippen molar-refractivity contribution in [2.24, 2.45) is 0 Å². The first-order valence-electron chi connectivity index (χ1n) is 9.99. The van der Waals surface area contributed by atoms with Gasteiger partial charge in [0, 0.05) is 0 Å². The fourth-order valence-electron chi connectivity index (χ4n) is 3.67. The average molecular weight is 474 g/mol. The SMILES string of the molecule is OC[C@H]1O[C@@H](O[C@H]2[C@H](O)[C@@H](O)[C@H](O)O[C@@H]2CO[C@@H]2OC[C@H](O)[C@H](O)[C@H]2O)[C@H](O)[C@@H](O)[C@@H]1O. The summed E-state index contributed by atoms with van der Waals surface area (Å²) < 4.78 is 26.3. The van der Waals surface area contributed by atoms with Crippen LogP contribution in [0.2, 0.25) is 0 Å². The Kier molecular flexibility index (Phi) is 8.75. The van der Waals surface area contributed by atoms with Gasteiger partial charge >= 0.3 is 0 Å². The molecule has 0 aromatic heterocycles. The van der Waals surface area contributed by atoms with Gasteiger partial charge in [-0.2, -0.15) is 0 Å². The number of aliphatic hydroxyl groups excluding tert-OH is 10. The minimum Gasteiger partial charge on any atom is -0.394 e. The highest BCUT2D eigenvalue weighted by Crippen LogP contribution is 2.29. The maximum absolute atomic E-state index is 10.4. The van der Waals surface area contributed by atoms with E-state index in [1.54, 1.807) is 0 Å². The molecule has 0 saturated carbocycles. The standard InChI is InChI=1S/C17H30O15/c18-1-5-8(21)9(22)13(26)17(31-5)32-14-6(30-15(27)11(24)10(14)23)3-29-16-12(25)7(20)4(19)2-28-16/h4-27H,1-3H2/t4-,5+,6+,7-,8+,9-,10+,11+,12+,13+,14+,15+,16-,17-/m0/s1. The molecule has 15 nitrogen and oxygen atoms in total. The van der Waals surface area contributed by atoms with Crippen molar-refractivity contribution in [3.05, 3.63) is 0 Å². The second-order valence-corrected chi connectivity index (χ2v) is 7.93. The third kappa shape index (κ3) is 5.22. The molecule has 3 fully saturated rings. The Labute approximate surface area is 181 Å². The maximum atomic E-state index is 10.4. The molecule has 0 unspecified atom stereocenters. The van der Waals surface area contributed by atoms with E-state index in [-0.39, 0.29) is 6.61 Å². The molecule has 3 heterocycles. The Hall–Kier alpha value is -0.600. The fraction of sp³-hybridized carbons (Fsp3) is 1.00. The van der Waals surface area contributed by atoms with E-state index in [9.17, 15) is 51.1 Å². The zero-order valence-corrected chi connectivity index (χ0v) is 16.7. The molecule has 0 spiro atoms. The monoisotopic (exact) mass is 474 g/mol. The van der Waals surface area contributed by atoms with Gasteiger partial charge in [0.25, 0.3) is 0 Å². The summed E-state index contributed by atoms with van der Waals surface area (Å²) in [5, 5.41) is 98.5. The van der Waals surface area contributed by atoms with Gasteiger partial charge in [-0.15, -0.1) is 0 Å². The molecule has 14 atom stereocenters. The fourth-order valence-corrected chi connectivity index (χ4v) is 3.67. The Bertz CT molecular complexity index is 594. The number of hydrogen-bond donors (Lipinski definition) is 10. The molecule has 0 aromatic rings. The van der Waals surface area contributed by atoms with Crippen LogP contribution in [0, 0.1) is 0 Å². The van der Waals surface area contributed by atoms with Crippen molar-refractivity contribution in [3.8, 4) is 0 Å². The molecule has 3 aliphatic heterocycles. The minimum absolute atomic E-state index is 0.344. The maximum Gasteiger partial charge on any atom is 0.187 e. The second-order valence-electron chi connectivity index (χ2n) is 7.93. The van der Waals surface area contributed by atoms with Gasteiger partial charge in [0.05, 0.1) is 19.8 Å². The Balaban J connectivity index is 1.70. The van der Waals surface area contributed by atoms with Gasteiger partial charge in [0.2, 0.25) is 0 Å². The van der Waals surface area contributed by atoms with E-state index in [1.165, 1.54) is 0 Å². The number of ether oxygens (including phenoxy) is 5. The predicted molar refractivity (Wildman–Crippen MR) is 95.2 cm³/mol. The Morgan fingerprint density at radius 2 is 1.31 bits per heavy atom.